The molecule has 0 saturated carbocycles. The molecule has 92 valence electrons. The number of hydrogen-bond acceptors (Lipinski definition) is 3. The zero-order valence-electron chi connectivity index (χ0n) is 9.03. The Morgan fingerprint density at radius 3 is 2.22 bits per heavy atom. The van der Waals surface area contributed by atoms with Gasteiger partial charge in [0.25, 0.3) is 0 Å². The largest absolute Gasteiger partial charge is 0.494 e. The van der Waals surface area contributed by atoms with Crippen molar-refractivity contribution in [2.45, 2.75) is 0 Å². The monoisotopic (exact) mass is 264 g/mol. The van der Waals surface area contributed by atoms with Crippen LogP contribution < -0.4 is 10.7 Å². The summed E-state index contributed by atoms with van der Waals surface area (Å²) in [5.74, 6) is -0.168. The number of nitrogens with one attached hydrogen (secondary N) is 1. The third kappa shape index (κ3) is 1.72. The lowest BCUT2D eigenvalue weighted by Crippen LogP contribution is -2.21. The Bertz CT molecular complexity index is 731. The molecule has 6 nitrogen and oxygen atoms in total. The van der Waals surface area contributed by atoms with Crippen LogP contribution in [-0.2, 0) is 0 Å². The second-order valence-corrected chi connectivity index (χ2v) is 3.61. The first kappa shape index (κ1) is 12.1. The molecular formula is C11H9ClN4O2. The van der Waals surface area contributed by atoms with E-state index in [1.165, 1.54) is 16.7 Å². The van der Waals surface area contributed by atoms with Crippen LogP contribution in [0.2, 0.25) is 0 Å². The fraction of sp³-hybridized carbons (Fsp3) is 0. The van der Waals surface area contributed by atoms with Gasteiger partial charge in [0, 0.05) is 12.1 Å². The first-order valence-electron chi connectivity index (χ1n) is 4.91. The van der Waals surface area contributed by atoms with Gasteiger partial charge in [0.1, 0.15) is 0 Å². The van der Waals surface area contributed by atoms with E-state index in [1.54, 1.807) is 18.2 Å². The van der Waals surface area contributed by atoms with Gasteiger partial charge in [-0.25, -0.2) is 9.98 Å². The lowest BCUT2D eigenvalue weighted by Gasteiger charge is -2.05. The zero-order chi connectivity index (χ0) is 12.0. The average Bonchev–Trinajstić information content (AvgIpc) is 2.80. The van der Waals surface area contributed by atoms with E-state index in [-0.39, 0.29) is 30.1 Å². The predicted octanol–water partition coefficient (Wildman–Crippen LogP) is 0.498. The van der Waals surface area contributed by atoms with Crippen LogP contribution in [0.5, 0.6) is 11.8 Å². The van der Waals surface area contributed by atoms with Crippen molar-refractivity contribution in [3.05, 3.63) is 41.0 Å². The summed E-state index contributed by atoms with van der Waals surface area (Å²) >= 11 is 0. The third-order valence-electron chi connectivity index (χ3n) is 2.51. The van der Waals surface area contributed by atoms with Crippen molar-refractivity contribution < 1.29 is 10.2 Å². The highest BCUT2D eigenvalue weighted by Gasteiger charge is 2.09. The molecule has 2 heterocycles. The molecule has 0 amide bonds. The highest BCUT2D eigenvalue weighted by molar-refractivity contribution is 5.85. The Hall–Kier alpha value is -2.34. The van der Waals surface area contributed by atoms with Gasteiger partial charge >= 0.3 is 0 Å². The van der Waals surface area contributed by atoms with Gasteiger partial charge in [-0.1, -0.05) is 0 Å². The van der Waals surface area contributed by atoms with Crippen molar-refractivity contribution in [2.24, 2.45) is 9.98 Å². The van der Waals surface area contributed by atoms with Crippen LogP contribution in [0.3, 0.4) is 0 Å². The number of benzene rings is 1. The Balaban J connectivity index is 0.00000120. The molecule has 3 N–H and O–H groups in total. The standard InChI is InChI=1S/C11H8N4O2.ClH/c12-11-13-7-2-1-6(5-8(7)14-11)15-9(16)3-4-10(15)17;/h1-5,12,16-17H;1H. The van der Waals surface area contributed by atoms with Gasteiger partial charge in [-0.2, -0.15) is 0 Å². The quantitative estimate of drug-likeness (QED) is 0.699. The van der Waals surface area contributed by atoms with Crippen LogP contribution in [0.25, 0.3) is 5.69 Å². The molecule has 0 radical (unpaired) electrons. The minimum absolute atomic E-state index is 0. The minimum Gasteiger partial charge on any atom is -0.494 e. The number of rotatable bonds is 1. The third-order valence-corrected chi connectivity index (χ3v) is 2.51. The van der Waals surface area contributed by atoms with Crippen LogP contribution in [0.15, 0.2) is 40.3 Å². The SMILES string of the molecule is Cl.N=C1N=c2ccc(-n3c(O)ccc3O)cc2=N1. The number of hydrogen-bond donors (Lipinski definition) is 3. The number of nitrogens with zero attached hydrogens (tertiary/aromatic N) is 3. The summed E-state index contributed by atoms with van der Waals surface area (Å²) in [6.45, 7) is 0. The molecule has 7 heteroatoms. The summed E-state index contributed by atoms with van der Waals surface area (Å²) in [6, 6.07) is 7.82. The smallest absolute Gasteiger partial charge is 0.243 e. The lowest BCUT2D eigenvalue weighted by atomic mass is 10.3. The van der Waals surface area contributed by atoms with Gasteiger partial charge in [-0.3, -0.25) is 9.98 Å². The van der Waals surface area contributed by atoms with Crippen LogP contribution in [0, 0.1) is 5.41 Å². The summed E-state index contributed by atoms with van der Waals surface area (Å²) in [7, 11) is 0. The molecule has 0 aliphatic carbocycles. The Labute approximate surface area is 107 Å². The highest BCUT2D eigenvalue weighted by Crippen LogP contribution is 2.25. The maximum atomic E-state index is 9.59. The normalized spacial score (nSPS) is 12.3. The molecule has 0 saturated heterocycles. The van der Waals surface area contributed by atoms with Crippen molar-refractivity contribution >= 4 is 18.4 Å². The maximum absolute atomic E-state index is 9.59. The zero-order valence-corrected chi connectivity index (χ0v) is 9.85. The molecule has 18 heavy (non-hydrogen) atoms. The summed E-state index contributed by atoms with van der Waals surface area (Å²) in [6.07, 6.45) is 0. The maximum Gasteiger partial charge on any atom is 0.243 e. The summed E-state index contributed by atoms with van der Waals surface area (Å²) in [5.41, 5.74) is 0.567. The first-order chi connectivity index (χ1) is 8.15. The van der Waals surface area contributed by atoms with Crippen molar-refractivity contribution in [1.82, 2.24) is 4.57 Å². The molecule has 0 bridgehead atoms. The molecule has 1 aromatic heterocycles. The minimum atomic E-state index is -0.0625. The van der Waals surface area contributed by atoms with E-state index >= 15 is 0 Å². The van der Waals surface area contributed by atoms with Crippen molar-refractivity contribution in [3.8, 4) is 17.4 Å². The molecule has 2 aromatic rings. The Morgan fingerprint density at radius 1 is 0.944 bits per heavy atom. The second kappa shape index (κ2) is 4.15. The molecule has 0 spiro atoms. The van der Waals surface area contributed by atoms with Gasteiger partial charge in [0.15, 0.2) is 11.8 Å². The number of halogens is 1. The van der Waals surface area contributed by atoms with E-state index in [0.29, 0.717) is 16.4 Å². The molecule has 0 fully saturated rings. The molecule has 0 unspecified atom stereocenters. The van der Waals surface area contributed by atoms with Gasteiger partial charge in [-0.15, -0.1) is 12.4 Å². The Kier molecular flexibility index (Phi) is 2.80. The second-order valence-electron chi connectivity index (χ2n) is 3.61. The fourth-order valence-corrected chi connectivity index (χ4v) is 1.77. The summed E-state index contributed by atoms with van der Waals surface area (Å²) < 4.78 is 1.28. The van der Waals surface area contributed by atoms with Crippen molar-refractivity contribution in [3.63, 3.8) is 0 Å². The molecule has 0 atom stereocenters. The summed E-state index contributed by atoms with van der Waals surface area (Å²) in [5, 5.41) is 27.7. The predicted molar refractivity (Wildman–Crippen MR) is 66.4 cm³/mol. The molecule has 1 aromatic carbocycles. The van der Waals surface area contributed by atoms with E-state index in [0.717, 1.165) is 0 Å². The number of aromatic hydroxyl groups is 2. The van der Waals surface area contributed by atoms with Gasteiger partial charge in [-0.05, 0) is 18.2 Å². The molecule has 1 aliphatic heterocycles. The van der Waals surface area contributed by atoms with Crippen molar-refractivity contribution in [2.75, 3.05) is 0 Å². The number of guanidine groups is 1. The topological polar surface area (TPSA) is 94.0 Å². The molecule has 3 rings (SSSR count). The van der Waals surface area contributed by atoms with E-state index in [2.05, 4.69) is 9.98 Å². The fourth-order valence-electron chi connectivity index (χ4n) is 1.77. The van der Waals surface area contributed by atoms with E-state index in [9.17, 15) is 10.2 Å². The molecular weight excluding hydrogens is 256 g/mol. The summed E-state index contributed by atoms with van der Waals surface area (Å²) in [4.78, 5) is 7.82. The molecule has 1 aliphatic rings. The van der Waals surface area contributed by atoms with Gasteiger partial charge in [0.2, 0.25) is 5.96 Å². The van der Waals surface area contributed by atoms with Gasteiger partial charge < -0.3 is 10.2 Å². The van der Waals surface area contributed by atoms with Crippen LogP contribution in [-0.4, -0.2) is 20.7 Å². The van der Waals surface area contributed by atoms with Crippen LogP contribution in [0.4, 0.5) is 0 Å². The highest BCUT2D eigenvalue weighted by atomic mass is 35.5. The average molecular weight is 265 g/mol. The number of aromatic nitrogens is 1. The van der Waals surface area contributed by atoms with E-state index in [4.69, 9.17) is 5.41 Å². The van der Waals surface area contributed by atoms with E-state index in [1.807, 2.05) is 0 Å². The Morgan fingerprint density at radius 2 is 1.56 bits per heavy atom. The van der Waals surface area contributed by atoms with Gasteiger partial charge in [0.05, 0.1) is 16.4 Å². The lowest BCUT2D eigenvalue weighted by molar-refractivity contribution is 0.402. The van der Waals surface area contributed by atoms with Crippen molar-refractivity contribution in [1.29, 1.82) is 5.41 Å². The number of fused-ring (bicyclic) bond motifs is 1. The van der Waals surface area contributed by atoms with Crippen LogP contribution in [0.1, 0.15) is 0 Å². The van der Waals surface area contributed by atoms with Crippen LogP contribution >= 0.6 is 12.4 Å². The first-order valence-corrected chi connectivity index (χ1v) is 4.91. The van der Waals surface area contributed by atoms with E-state index < -0.39 is 0 Å².